The van der Waals surface area contributed by atoms with Crippen molar-refractivity contribution in [1.82, 2.24) is 0 Å². The molecule has 0 spiro atoms. The SMILES string of the molecule is N[C@H](C(=O)Nc1c(F)cc(F)cc1F)c1ccccc1. The summed E-state index contributed by atoms with van der Waals surface area (Å²) in [6, 6.07) is 8.21. The number of carbonyl (C=O) groups excluding carboxylic acids is 1. The highest BCUT2D eigenvalue weighted by molar-refractivity contribution is 5.95. The summed E-state index contributed by atoms with van der Waals surface area (Å²) in [5.41, 5.74) is 5.46. The molecule has 0 saturated carbocycles. The van der Waals surface area contributed by atoms with Crippen LogP contribution in [0.25, 0.3) is 0 Å². The van der Waals surface area contributed by atoms with Crippen molar-refractivity contribution in [2.24, 2.45) is 5.73 Å². The molecular weight excluding hydrogens is 269 g/mol. The summed E-state index contributed by atoms with van der Waals surface area (Å²) in [7, 11) is 0. The summed E-state index contributed by atoms with van der Waals surface area (Å²) in [4.78, 5) is 11.8. The molecule has 0 fully saturated rings. The smallest absolute Gasteiger partial charge is 0.246 e. The molecule has 104 valence electrons. The van der Waals surface area contributed by atoms with Crippen LogP contribution in [0.2, 0.25) is 0 Å². The van der Waals surface area contributed by atoms with Crippen molar-refractivity contribution in [1.29, 1.82) is 0 Å². The van der Waals surface area contributed by atoms with E-state index in [0.717, 1.165) is 0 Å². The van der Waals surface area contributed by atoms with Gasteiger partial charge in [0.2, 0.25) is 5.91 Å². The zero-order chi connectivity index (χ0) is 14.7. The van der Waals surface area contributed by atoms with Gasteiger partial charge in [-0.05, 0) is 5.56 Å². The molecule has 3 N–H and O–H groups in total. The molecule has 6 heteroatoms. The van der Waals surface area contributed by atoms with Crippen LogP contribution >= 0.6 is 0 Å². The van der Waals surface area contributed by atoms with E-state index in [1.807, 2.05) is 5.32 Å². The Hall–Kier alpha value is -2.34. The lowest BCUT2D eigenvalue weighted by atomic mass is 10.1. The van der Waals surface area contributed by atoms with E-state index in [1.54, 1.807) is 30.3 Å². The Bertz CT molecular complexity index is 609. The molecule has 20 heavy (non-hydrogen) atoms. The van der Waals surface area contributed by atoms with Gasteiger partial charge in [0.25, 0.3) is 0 Å². The average molecular weight is 280 g/mol. The maximum Gasteiger partial charge on any atom is 0.246 e. The van der Waals surface area contributed by atoms with E-state index in [4.69, 9.17) is 5.73 Å². The van der Waals surface area contributed by atoms with E-state index in [1.165, 1.54) is 0 Å². The first-order chi connectivity index (χ1) is 9.49. The Morgan fingerprint density at radius 1 is 1.05 bits per heavy atom. The van der Waals surface area contributed by atoms with Crippen LogP contribution in [0.4, 0.5) is 18.9 Å². The Kier molecular flexibility index (Phi) is 4.05. The number of amides is 1. The molecule has 0 aromatic heterocycles. The van der Waals surface area contributed by atoms with E-state index < -0.39 is 35.1 Å². The van der Waals surface area contributed by atoms with Crippen molar-refractivity contribution in [3.8, 4) is 0 Å². The first-order valence-electron chi connectivity index (χ1n) is 5.75. The second-order valence-corrected chi connectivity index (χ2v) is 4.12. The third-order valence-electron chi connectivity index (χ3n) is 2.70. The molecule has 2 rings (SSSR count). The van der Waals surface area contributed by atoms with Gasteiger partial charge in [0.05, 0.1) is 0 Å². The van der Waals surface area contributed by atoms with Gasteiger partial charge in [-0.15, -0.1) is 0 Å². The Morgan fingerprint density at radius 3 is 2.15 bits per heavy atom. The number of benzene rings is 2. The molecule has 3 nitrogen and oxygen atoms in total. The number of nitrogens with two attached hydrogens (primary N) is 1. The lowest BCUT2D eigenvalue weighted by molar-refractivity contribution is -0.117. The lowest BCUT2D eigenvalue weighted by Gasteiger charge is -2.13. The van der Waals surface area contributed by atoms with E-state index in [0.29, 0.717) is 17.7 Å². The fourth-order valence-corrected chi connectivity index (χ4v) is 1.67. The number of nitrogens with one attached hydrogen (secondary N) is 1. The Morgan fingerprint density at radius 2 is 1.60 bits per heavy atom. The van der Waals surface area contributed by atoms with Gasteiger partial charge in [0, 0.05) is 12.1 Å². The number of hydrogen-bond donors (Lipinski definition) is 2. The number of hydrogen-bond acceptors (Lipinski definition) is 2. The van der Waals surface area contributed by atoms with Crippen molar-refractivity contribution >= 4 is 11.6 Å². The van der Waals surface area contributed by atoms with Gasteiger partial charge in [-0.25, -0.2) is 13.2 Å². The van der Waals surface area contributed by atoms with Gasteiger partial charge in [-0.2, -0.15) is 0 Å². The minimum absolute atomic E-state index is 0.479. The minimum Gasteiger partial charge on any atom is -0.320 e. The predicted octanol–water partition coefficient (Wildman–Crippen LogP) is 2.74. The summed E-state index contributed by atoms with van der Waals surface area (Å²) >= 11 is 0. The second kappa shape index (κ2) is 5.75. The molecule has 2 aromatic rings. The molecule has 1 amide bonds. The monoisotopic (exact) mass is 280 g/mol. The highest BCUT2D eigenvalue weighted by Crippen LogP contribution is 2.21. The lowest BCUT2D eigenvalue weighted by Crippen LogP contribution is -2.28. The van der Waals surface area contributed by atoms with Crippen LogP contribution in [0.15, 0.2) is 42.5 Å². The molecule has 0 unspecified atom stereocenters. The predicted molar refractivity (Wildman–Crippen MR) is 68.3 cm³/mol. The van der Waals surface area contributed by atoms with Crippen LogP contribution in [0.5, 0.6) is 0 Å². The summed E-state index contributed by atoms with van der Waals surface area (Å²) < 4.78 is 39.6. The van der Waals surface area contributed by atoms with Crippen LogP contribution < -0.4 is 11.1 Å². The third-order valence-corrected chi connectivity index (χ3v) is 2.70. The van der Waals surface area contributed by atoms with Gasteiger partial charge >= 0.3 is 0 Å². The molecule has 2 aromatic carbocycles. The Labute approximate surface area is 113 Å². The number of carbonyl (C=O) groups is 1. The van der Waals surface area contributed by atoms with Crippen molar-refractivity contribution in [3.63, 3.8) is 0 Å². The van der Waals surface area contributed by atoms with Crippen molar-refractivity contribution in [2.75, 3.05) is 5.32 Å². The molecule has 0 aliphatic heterocycles. The molecule has 0 aliphatic carbocycles. The maximum atomic E-state index is 13.4. The van der Waals surface area contributed by atoms with Crippen molar-refractivity contribution in [2.45, 2.75) is 6.04 Å². The van der Waals surface area contributed by atoms with Gasteiger partial charge < -0.3 is 11.1 Å². The van der Waals surface area contributed by atoms with E-state index in [-0.39, 0.29) is 0 Å². The minimum atomic E-state index is -1.20. The van der Waals surface area contributed by atoms with Crippen LogP contribution in [0, 0.1) is 17.5 Å². The van der Waals surface area contributed by atoms with Crippen LogP contribution in [-0.2, 0) is 4.79 Å². The van der Waals surface area contributed by atoms with Crippen molar-refractivity contribution in [3.05, 3.63) is 65.5 Å². The molecule has 0 radical (unpaired) electrons. The third kappa shape index (κ3) is 2.97. The first kappa shape index (κ1) is 14.1. The fraction of sp³-hybridized carbons (Fsp3) is 0.0714. The number of rotatable bonds is 3. The van der Waals surface area contributed by atoms with Crippen LogP contribution in [0.1, 0.15) is 11.6 Å². The van der Waals surface area contributed by atoms with Gasteiger partial charge in [0.1, 0.15) is 17.5 Å². The first-order valence-corrected chi connectivity index (χ1v) is 5.75. The summed E-state index contributed by atoms with van der Waals surface area (Å²) in [5.74, 6) is -4.25. The summed E-state index contributed by atoms with van der Waals surface area (Å²) in [6.45, 7) is 0. The summed E-state index contributed by atoms with van der Waals surface area (Å²) in [5, 5.41) is 2.02. The topological polar surface area (TPSA) is 55.1 Å². The quantitative estimate of drug-likeness (QED) is 0.908. The fourth-order valence-electron chi connectivity index (χ4n) is 1.67. The number of anilines is 1. The summed E-state index contributed by atoms with van der Waals surface area (Å²) in [6.07, 6.45) is 0. The van der Waals surface area contributed by atoms with Gasteiger partial charge in [-0.1, -0.05) is 30.3 Å². The molecule has 0 aliphatic rings. The van der Waals surface area contributed by atoms with Crippen LogP contribution in [-0.4, -0.2) is 5.91 Å². The molecule has 0 saturated heterocycles. The standard InChI is InChI=1S/C14H11F3N2O/c15-9-6-10(16)13(11(17)7-9)19-14(20)12(18)8-4-2-1-3-5-8/h1-7,12H,18H2,(H,19,20)/t12-/m0/s1. The second-order valence-electron chi connectivity index (χ2n) is 4.12. The molecule has 0 heterocycles. The highest BCUT2D eigenvalue weighted by Gasteiger charge is 2.19. The molecular formula is C14H11F3N2O. The zero-order valence-electron chi connectivity index (χ0n) is 10.2. The van der Waals surface area contributed by atoms with E-state index in [2.05, 4.69) is 0 Å². The molecule has 0 bridgehead atoms. The largest absolute Gasteiger partial charge is 0.320 e. The van der Waals surface area contributed by atoms with E-state index >= 15 is 0 Å². The van der Waals surface area contributed by atoms with E-state index in [9.17, 15) is 18.0 Å². The number of halogens is 3. The molecule has 1 atom stereocenters. The maximum absolute atomic E-state index is 13.4. The van der Waals surface area contributed by atoms with Crippen LogP contribution in [0.3, 0.4) is 0 Å². The van der Waals surface area contributed by atoms with Gasteiger partial charge in [-0.3, -0.25) is 4.79 Å². The van der Waals surface area contributed by atoms with Crippen molar-refractivity contribution < 1.29 is 18.0 Å². The Balaban J connectivity index is 2.20. The average Bonchev–Trinajstić information content (AvgIpc) is 2.42. The van der Waals surface area contributed by atoms with Gasteiger partial charge in [0.15, 0.2) is 11.6 Å². The highest BCUT2D eigenvalue weighted by atomic mass is 19.1. The normalized spacial score (nSPS) is 12.0. The zero-order valence-corrected chi connectivity index (χ0v) is 10.2.